The largest absolute Gasteiger partial charge is 0.449 e. The van der Waals surface area contributed by atoms with E-state index in [0.29, 0.717) is 6.54 Å². The molecular formula is C16H21NO3. The summed E-state index contributed by atoms with van der Waals surface area (Å²) in [5.41, 5.74) is 2.07. The van der Waals surface area contributed by atoms with Crippen molar-refractivity contribution >= 4 is 18.0 Å². The number of amides is 1. The van der Waals surface area contributed by atoms with Gasteiger partial charge in [-0.15, -0.1) is 0 Å². The van der Waals surface area contributed by atoms with Crippen LogP contribution < -0.4 is 5.32 Å². The second-order valence-electron chi connectivity index (χ2n) is 4.61. The average molecular weight is 275 g/mol. The SMILES string of the molecule is CCCNC(=O)[C@H](C)OC(=O)/C=C/c1ccc(C)cc1. The Kier molecular flexibility index (Phi) is 6.50. The van der Waals surface area contributed by atoms with Gasteiger partial charge in [-0.05, 0) is 31.9 Å². The third-order valence-electron chi connectivity index (χ3n) is 2.70. The van der Waals surface area contributed by atoms with Gasteiger partial charge in [-0.2, -0.15) is 0 Å². The summed E-state index contributed by atoms with van der Waals surface area (Å²) in [6.07, 6.45) is 3.06. The van der Waals surface area contributed by atoms with Gasteiger partial charge >= 0.3 is 5.97 Å². The van der Waals surface area contributed by atoms with E-state index in [1.54, 1.807) is 13.0 Å². The smallest absolute Gasteiger partial charge is 0.331 e. The topological polar surface area (TPSA) is 55.4 Å². The summed E-state index contributed by atoms with van der Waals surface area (Å²) in [6.45, 7) is 6.10. The fourth-order valence-electron chi connectivity index (χ4n) is 1.50. The molecule has 1 amide bonds. The van der Waals surface area contributed by atoms with Crippen LogP contribution in [0.15, 0.2) is 30.3 Å². The standard InChI is InChI=1S/C16H21NO3/c1-4-11-17-16(19)13(3)20-15(18)10-9-14-7-5-12(2)6-8-14/h5-10,13H,4,11H2,1-3H3,(H,17,19)/b10-9+/t13-/m0/s1. The molecule has 4 nitrogen and oxygen atoms in total. The summed E-state index contributed by atoms with van der Waals surface area (Å²) in [5.74, 6) is -0.798. The molecule has 0 bridgehead atoms. The molecule has 0 unspecified atom stereocenters. The zero-order chi connectivity index (χ0) is 15.0. The quantitative estimate of drug-likeness (QED) is 0.641. The maximum absolute atomic E-state index is 11.6. The van der Waals surface area contributed by atoms with Crippen molar-refractivity contribution in [3.05, 3.63) is 41.5 Å². The van der Waals surface area contributed by atoms with E-state index in [4.69, 9.17) is 4.74 Å². The molecule has 0 aliphatic carbocycles. The Labute approximate surface area is 119 Å². The Morgan fingerprint density at radius 3 is 2.55 bits per heavy atom. The van der Waals surface area contributed by atoms with Crippen LogP contribution in [-0.2, 0) is 14.3 Å². The van der Waals surface area contributed by atoms with Crippen molar-refractivity contribution in [3.63, 3.8) is 0 Å². The van der Waals surface area contributed by atoms with Crippen molar-refractivity contribution in [2.75, 3.05) is 6.54 Å². The lowest BCUT2D eigenvalue weighted by Crippen LogP contribution is -2.35. The van der Waals surface area contributed by atoms with Gasteiger partial charge in [-0.3, -0.25) is 4.79 Å². The van der Waals surface area contributed by atoms with Gasteiger partial charge in [-0.1, -0.05) is 36.8 Å². The molecule has 0 saturated heterocycles. The summed E-state index contributed by atoms with van der Waals surface area (Å²) in [4.78, 5) is 23.1. The van der Waals surface area contributed by atoms with Crippen molar-refractivity contribution in [3.8, 4) is 0 Å². The maximum Gasteiger partial charge on any atom is 0.331 e. The zero-order valence-electron chi connectivity index (χ0n) is 12.2. The van der Waals surface area contributed by atoms with E-state index < -0.39 is 12.1 Å². The van der Waals surface area contributed by atoms with Gasteiger partial charge in [0, 0.05) is 12.6 Å². The van der Waals surface area contributed by atoms with Gasteiger partial charge in [0.15, 0.2) is 6.10 Å². The number of esters is 1. The number of aryl methyl sites for hydroxylation is 1. The van der Waals surface area contributed by atoms with Gasteiger partial charge in [0.1, 0.15) is 0 Å². The Hall–Kier alpha value is -2.10. The highest BCUT2D eigenvalue weighted by Crippen LogP contribution is 2.05. The van der Waals surface area contributed by atoms with Crippen molar-refractivity contribution in [2.24, 2.45) is 0 Å². The molecule has 1 N–H and O–H groups in total. The molecule has 0 saturated carbocycles. The number of hydrogen-bond acceptors (Lipinski definition) is 3. The molecule has 0 aromatic heterocycles. The lowest BCUT2D eigenvalue weighted by Gasteiger charge is -2.11. The molecule has 0 fully saturated rings. The second-order valence-corrected chi connectivity index (χ2v) is 4.61. The first kappa shape index (κ1) is 16.0. The lowest BCUT2D eigenvalue weighted by atomic mass is 10.1. The van der Waals surface area contributed by atoms with Gasteiger partial charge < -0.3 is 10.1 Å². The number of rotatable bonds is 6. The fourth-order valence-corrected chi connectivity index (χ4v) is 1.50. The van der Waals surface area contributed by atoms with Crippen molar-refractivity contribution in [1.82, 2.24) is 5.32 Å². The highest BCUT2D eigenvalue weighted by atomic mass is 16.5. The van der Waals surface area contributed by atoms with Crippen LogP contribution >= 0.6 is 0 Å². The number of carbonyl (C=O) groups excluding carboxylic acids is 2. The van der Waals surface area contributed by atoms with Crippen molar-refractivity contribution in [1.29, 1.82) is 0 Å². The lowest BCUT2D eigenvalue weighted by molar-refractivity contribution is -0.150. The molecule has 1 aromatic rings. The van der Waals surface area contributed by atoms with Crippen LogP contribution in [0.1, 0.15) is 31.4 Å². The van der Waals surface area contributed by atoms with Crippen molar-refractivity contribution in [2.45, 2.75) is 33.3 Å². The Bertz CT molecular complexity index is 477. The first-order valence-corrected chi connectivity index (χ1v) is 6.76. The molecule has 1 aromatic carbocycles. The molecule has 0 spiro atoms. The highest BCUT2D eigenvalue weighted by Gasteiger charge is 2.15. The van der Waals surface area contributed by atoms with Gasteiger partial charge in [0.2, 0.25) is 0 Å². The van der Waals surface area contributed by atoms with Crippen LogP contribution in [0.2, 0.25) is 0 Å². The van der Waals surface area contributed by atoms with Crippen LogP contribution in [0.25, 0.3) is 6.08 Å². The van der Waals surface area contributed by atoms with Crippen molar-refractivity contribution < 1.29 is 14.3 Å². The number of hydrogen-bond donors (Lipinski definition) is 1. The Morgan fingerprint density at radius 2 is 1.95 bits per heavy atom. The van der Waals surface area contributed by atoms with Crippen LogP contribution in [-0.4, -0.2) is 24.5 Å². The summed E-state index contributed by atoms with van der Waals surface area (Å²) >= 11 is 0. The van der Waals surface area contributed by atoms with Gasteiger partial charge in [-0.25, -0.2) is 4.79 Å². The van der Waals surface area contributed by atoms with E-state index in [0.717, 1.165) is 17.5 Å². The minimum atomic E-state index is -0.781. The van der Waals surface area contributed by atoms with Crippen LogP contribution in [0, 0.1) is 6.92 Å². The Morgan fingerprint density at radius 1 is 1.30 bits per heavy atom. The molecule has 20 heavy (non-hydrogen) atoms. The molecule has 0 heterocycles. The number of benzene rings is 1. The van der Waals surface area contributed by atoms with E-state index in [1.165, 1.54) is 6.08 Å². The van der Waals surface area contributed by atoms with Gasteiger partial charge in [0.05, 0.1) is 0 Å². The first-order valence-electron chi connectivity index (χ1n) is 6.76. The molecule has 108 valence electrons. The first-order chi connectivity index (χ1) is 9.52. The predicted molar refractivity (Wildman–Crippen MR) is 79.1 cm³/mol. The van der Waals surface area contributed by atoms with Crippen LogP contribution in [0.4, 0.5) is 0 Å². The number of carbonyl (C=O) groups is 2. The van der Waals surface area contributed by atoms with E-state index in [1.807, 2.05) is 38.1 Å². The molecule has 1 atom stereocenters. The van der Waals surface area contributed by atoms with E-state index in [-0.39, 0.29) is 5.91 Å². The molecule has 0 radical (unpaired) electrons. The van der Waals surface area contributed by atoms with E-state index in [9.17, 15) is 9.59 Å². The summed E-state index contributed by atoms with van der Waals surface area (Å²) in [6, 6.07) is 7.75. The Balaban J connectivity index is 2.46. The normalized spacial score (nSPS) is 12.2. The molecule has 4 heteroatoms. The third-order valence-corrected chi connectivity index (χ3v) is 2.70. The maximum atomic E-state index is 11.6. The molecule has 0 aliphatic rings. The highest BCUT2D eigenvalue weighted by molar-refractivity contribution is 5.90. The average Bonchev–Trinajstić information content (AvgIpc) is 2.44. The van der Waals surface area contributed by atoms with Gasteiger partial charge in [0.25, 0.3) is 5.91 Å². The minimum Gasteiger partial charge on any atom is -0.449 e. The fraction of sp³-hybridized carbons (Fsp3) is 0.375. The molecular weight excluding hydrogens is 254 g/mol. The number of nitrogens with one attached hydrogen (secondary N) is 1. The summed E-state index contributed by atoms with van der Waals surface area (Å²) in [5, 5.41) is 2.68. The molecule has 0 aliphatic heterocycles. The minimum absolute atomic E-state index is 0.274. The number of ether oxygens (including phenoxy) is 1. The van der Waals surface area contributed by atoms with Crippen LogP contribution in [0.5, 0.6) is 0 Å². The van der Waals surface area contributed by atoms with E-state index >= 15 is 0 Å². The third kappa shape index (κ3) is 5.69. The van der Waals surface area contributed by atoms with Crippen LogP contribution in [0.3, 0.4) is 0 Å². The molecule has 1 rings (SSSR count). The summed E-state index contributed by atoms with van der Waals surface area (Å²) < 4.78 is 5.02. The predicted octanol–water partition coefficient (Wildman–Crippen LogP) is 2.47. The zero-order valence-corrected chi connectivity index (χ0v) is 12.2. The van der Waals surface area contributed by atoms with E-state index in [2.05, 4.69) is 5.32 Å². The second kappa shape index (κ2) is 8.15. The monoisotopic (exact) mass is 275 g/mol. The summed E-state index contributed by atoms with van der Waals surface area (Å²) in [7, 11) is 0.